The predicted molar refractivity (Wildman–Crippen MR) is 80.7 cm³/mol. The molecule has 0 spiro atoms. The smallest absolute Gasteiger partial charge is 0.195 e. The number of aryl methyl sites for hydroxylation is 1. The van der Waals surface area contributed by atoms with Crippen molar-refractivity contribution in [2.24, 2.45) is 0 Å². The zero-order valence-corrected chi connectivity index (χ0v) is 12.0. The zero-order chi connectivity index (χ0) is 14.7. The number of nitrogens with zero attached hydrogens (tertiary/aromatic N) is 3. The molecule has 6 heteroatoms. The van der Waals surface area contributed by atoms with Crippen LogP contribution >= 0.6 is 12.2 Å². The van der Waals surface area contributed by atoms with Crippen LogP contribution in [0.2, 0.25) is 0 Å². The average molecular weight is 300 g/mol. The first kappa shape index (κ1) is 13.6. The van der Waals surface area contributed by atoms with E-state index in [1.165, 1.54) is 12.1 Å². The summed E-state index contributed by atoms with van der Waals surface area (Å²) in [5.74, 6) is 0.463. The Labute approximate surface area is 126 Å². The van der Waals surface area contributed by atoms with E-state index in [0.29, 0.717) is 23.6 Å². The summed E-state index contributed by atoms with van der Waals surface area (Å²) in [5.41, 5.74) is 1.68. The zero-order valence-electron chi connectivity index (χ0n) is 11.2. The van der Waals surface area contributed by atoms with Crippen LogP contribution in [-0.2, 0) is 13.0 Å². The van der Waals surface area contributed by atoms with E-state index in [1.54, 1.807) is 12.3 Å². The van der Waals surface area contributed by atoms with Gasteiger partial charge in [-0.1, -0.05) is 18.2 Å². The van der Waals surface area contributed by atoms with Gasteiger partial charge in [0.25, 0.3) is 0 Å². The summed E-state index contributed by atoms with van der Waals surface area (Å²) in [5, 5.41) is 7.01. The van der Waals surface area contributed by atoms with Crippen LogP contribution in [0.5, 0.6) is 0 Å². The molecular weight excluding hydrogens is 287 g/mol. The Kier molecular flexibility index (Phi) is 3.87. The monoisotopic (exact) mass is 300 g/mol. The highest BCUT2D eigenvalue weighted by molar-refractivity contribution is 7.71. The van der Waals surface area contributed by atoms with E-state index in [2.05, 4.69) is 15.2 Å². The highest BCUT2D eigenvalue weighted by atomic mass is 32.1. The maximum atomic E-state index is 13.2. The average Bonchev–Trinajstić information content (AvgIpc) is 2.87. The molecule has 4 nitrogen and oxygen atoms in total. The number of hydrogen-bond acceptors (Lipinski definition) is 3. The van der Waals surface area contributed by atoms with Crippen molar-refractivity contribution in [3.63, 3.8) is 0 Å². The third kappa shape index (κ3) is 3.05. The molecule has 0 fully saturated rings. The van der Waals surface area contributed by atoms with Crippen molar-refractivity contribution in [2.45, 2.75) is 13.0 Å². The van der Waals surface area contributed by atoms with E-state index in [9.17, 15) is 4.39 Å². The molecular formula is C15H13FN4S. The maximum absolute atomic E-state index is 13.2. The van der Waals surface area contributed by atoms with E-state index >= 15 is 0 Å². The summed E-state index contributed by atoms with van der Waals surface area (Å²) in [6.07, 6.45) is 2.38. The lowest BCUT2D eigenvalue weighted by molar-refractivity contribution is 0.621. The summed E-state index contributed by atoms with van der Waals surface area (Å²) >= 11 is 5.26. The number of nitrogens with one attached hydrogen (secondary N) is 1. The number of hydrogen-bond donors (Lipinski definition) is 1. The van der Waals surface area contributed by atoms with E-state index in [0.717, 1.165) is 11.3 Å². The molecule has 0 saturated heterocycles. The molecule has 106 valence electrons. The number of halogens is 1. The van der Waals surface area contributed by atoms with E-state index in [-0.39, 0.29) is 5.82 Å². The number of H-pyrrole nitrogens is 1. The second-order valence-corrected chi connectivity index (χ2v) is 4.99. The van der Waals surface area contributed by atoms with Gasteiger partial charge < -0.3 is 0 Å². The fourth-order valence-electron chi connectivity index (χ4n) is 2.15. The fraction of sp³-hybridized carbons (Fsp3) is 0.133. The lowest BCUT2D eigenvalue weighted by Gasteiger charge is -2.06. The van der Waals surface area contributed by atoms with Crippen molar-refractivity contribution in [1.82, 2.24) is 19.7 Å². The lowest BCUT2D eigenvalue weighted by Crippen LogP contribution is -2.04. The second-order valence-electron chi connectivity index (χ2n) is 4.60. The van der Waals surface area contributed by atoms with E-state index in [4.69, 9.17) is 12.2 Å². The van der Waals surface area contributed by atoms with Crippen LogP contribution in [0.25, 0.3) is 11.5 Å². The summed E-state index contributed by atoms with van der Waals surface area (Å²) in [7, 11) is 0. The van der Waals surface area contributed by atoms with Gasteiger partial charge in [-0.3, -0.25) is 14.6 Å². The van der Waals surface area contributed by atoms with Gasteiger partial charge in [-0.2, -0.15) is 5.10 Å². The van der Waals surface area contributed by atoms with Gasteiger partial charge >= 0.3 is 0 Å². The van der Waals surface area contributed by atoms with E-state index in [1.807, 2.05) is 28.8 Å². The van der Waals surface area contributed by atoms with Crippen LogP contribution in [-0.4, -0.2) is 19.7 Å². The van der Waals surface area contributed by atoms with Crippen molar-refractivity contribution in [3.8, 4) is 11.5 Å². The Morgan fingerprint density at radius 2 is 2.10 bits per heavy atom. The minimum absolute atomic E-state index is 0.228. The van der Waals surface area contributed by atoms with E-state index < -0.39 is 0 Å². The molecule has 2 aromatic heterocycles. The molecule has 0 unspecified atom stereocenters. The molecule has 21 heavy (non-hydrogen) atoms. The molecule has 0 aliphatic rings. The predicted octanol–water partition coefficient (Wildman–Crippen LogP) is 3.38. The number of aromatic amines is 1. The van der Waals surface area contributed by atoms with Crippen molar-refractivity contribution < 1.29 is 4.39 Å². The van der Waals surface area contributed by atoms with Gasteiger partial charge in [0.05, 0.1) is 0 Å². The Hall–Kier alpha value is -2.34. The second kappa shape index (κ2) is 5.97. The molecule has 0 bridgehead atoms. The van der Waals surface area contributed by atoms with Gasteiger partial charge in [0, 0.05) is 12.7 Å². The standard InChI is InChI=1S/C15H13FN4S/c16-12-5-3-4-11(10-12)7-9-20-14(18-19-15(20)21)13-6-1-2-8-17-13/h1-6,8,10H,7,9H2,(H,19,21). The third-order valence-electron chi connectivity index (χ3n) is 3.17. The number of rotatable bonds is 4. The Morgan fingerprint density at radius 1 is 1.19 bits per heavy atom. The van der Waals surface area contributed by atoms with Crippen LogP contribution in [0, 0.1) is 10.6 Å². The van der Waals surface area contributed by atoms with Crippen molar-refractivity contribution in [1.29, 1.82) is 0 Å². The molecule has 0 atom stereocenters. The van der Waals surface area contributed by atoms with Crippen LogP contribution in [0.4, 0.5) is 4.39 Å². The third-order valence-corrected chi connectivity index (χ3v) is 3.48. The summed E-state index contributed by atoms with van der Waals surface area (Å²) < 4.78 is 15.6. The first-order valence-corrected chi connectivity index (χ1v) is 6.96. The fourth-order valence-corrected chi connectivity index (χ4v) is 2.37. The molecule has 3 aromatic rings. The van der Waals surface area contributed by atoms with Gasteiger partial charge in [0.2, 0.25) is 0 Å². The topological polar surface area (TPSA) is 46.5 Å². The van der Waals surface area contributed by atoms with Crippen molar-refractivity contribution in [3.05, 3.63) is 64.8 Å². The highest BCUT2D eigenvalue weighted by Gasteiger charge is 2.09. The number of benzene rings is 1. The van der Waals surface area contributed by atoms with Crippen LogP contribution in [0.3, 0.4) is 0 Å². The number of pyridine rings is 1. The lowest BCUT2D eigenvalue weighted by atomic mass is 10.1. The quantitative estimate of drug-likeness (QED) is 0.751. The SMILES string of the molecule is Fc1cccc(CCn2c(-c3ccccn3)n[nH]c2=S)c1. The Bertz CT molecular complexity index is 795. The Balaban J connectivity index is 1.86. The first-order valence-electron chi connectivity index (χ1n) is 6.55. The van der Waals surface area contributed by atoms with Crippen molar-refractivity contribution >= 4 is 12.2 Å². The van der Waals surface area contributed by atoms with Gasteiger partial charge in [-0.25, -0.2) is 4.39 Å². The van der Waals surface area contributed by atoms with Crippen molar-refractivity contribution in [2.75, 3.05) is 0 Å². The van der Waals surface area contributed by atoms with Gasteiger partial charge in [-0.05, 0) is 48.5 Å². The molecule has 3 rings (SSSR count). The molecule has 0 saturated carbocycles. The normalized spacial score (nSPS) is 10.7. The minimum atomic E-state index is -0.228. The molecule has 0 aliphatic heterocycles. The molecule has 2 heterocycles. The van der Waals surface area contributed by atoms with Gasteiger partial charge in [0.15, 0.2) is 10.6 Å². The summed E-state index contributed by atoms with van der Waals surface area (Å²) in [6, 6.07) is 12.2. The molecule has 0 aliphatic carbocycles. The molecule has 1 aromatic carbocycles. The first-order chi connectivity index (χ1) is 10.2. The van der Waals surface area contributed by atoms with Crippen LogP contribution < -0.4 is 0 Å². The largest absolute Gasteiger partial charge is 0.299 e. The maximum Gasteiger partial charge on any atom is 0.195 e. The highest BCUT2D eigenvalue weighted by Crippen LogP contribution is 2.15. The number of aromatic nitrogens is 4. The summed E-state index contributed by atoms with van der Waals surface area (Å²) in [6.45, 7) is 0.616. The summed E-state index contributed by atoms with van der Waals surface area (Å²) in [4.78, 5) is 4.28. The van der Waals surface area contributed by atoms with Crippen LogP contribution in [0.15, 0.2) is 48.7 Å². The molecule has 1 N–H and O–H groups in total. The Morgan fingerprint density at radius 3 is 2.86 bits per heavy atom. The van der Waals surface area contributed by atoms with Gasteiger partial charge in [-0.15, -0.1) is 0 Å². The van der Waals surface area contributed by atoms with Crippen LogP contribution in [0.1, 0.15) is 5.56 Å². The van der Waals surface area contributed by atoms with Gasteiger partial charge in [0.1, 0.15) is 11.5 Å². The molecule has 0 radical (unpaired) electrons. The minimum Gasteiger partial charge on any atom is -0.299 e. The molecule has 0 amide bonds.